The highest BCUT2D eigenvalue weighted by Crippen LogP contribution is 2.20. The highest BCUT2D eigenvalue weighted by Gasteiger charge is 2.30. The molecule has 0 bridgehead atoms. The number of rotatable bonds is 5. The number of ether oxygens (including phenoxy) is 1. The van der Waals surface area contributed by atoms with E-state index in [0.29, 0.717) is 13.0 Å². The fourth-order valence-corrected chi connectivity index (χ4v) is 2.39. The molecule has 1 amide bonds. The largest absolute Gasteiger partial charge is 0.411 e. The van der Waals surface area contributed by atoms with Gasteiger partial charge < -0.3 is 9.64 Å². The van der Waals surface area contributed by atoms with Crippen LogP contribution in [0.4, 0.5) is 13.2 Å². The Morgan fingerprint density at radius 3 is 2.55 bits per heavy atom. The lowest BCUT2D eigenvalue weighted by Gasteiger charge is -2.29. The van der Waals surface area contributed by atoms with Crippen LogP contribution in [0.3, 0.4) is 0 Å². The molecule has 1 aliphatic rings. The van der Waals surface area contributed by atoms with Gasteiger partial charge in [-0.05, 0) is 19.8 Å². The molecule has 1 unspecified atom stereocenters. The van der Waals surface area contributed by atoms with Crippen LogP contribution in [-0.4, -0.2) is 48.6 Å². The molecule has 4 nitrogen and oxygen atoms in total. The van der Waals surface area contributed by atoms with Gasteiger partial charge in [-0.25, -0.2) is 0 Å². The number of hydrogen-bond acceptors (Lipinski definition) is 3. The number of alkyl halides is 3. The molecule has 1 atom stereocenters. The van der Waals surface area contributed by atoms with Gasteiger partial charge in [0.2, 0.25) is 5.91 Å². The van der Waals surface area contributed by atoms with Gasteiger partial charge in [0.15, 0.2) is 0 Å². The van der Waals surface area contributed by atoms with Gasteiger partial charge in [-0.15, -0.1) is 0 Å². The van der Waals surface area contributed by atoms with Crippen molar-refractivity contribution in [3.63, 3.8) is 0 Å². The third kappa shape index (κ3) is 6.36. The van der Waals surface area contributed by atoms with Gasteiger partial charge in [-0.3, -0.25) is 9.59 Å². The summed E-state index contributed by atoms with van der Waals surface area (Å²) in [6.45, 7) is -0.0856. The molecule has 1 fully saturated rings. The number of ketones is 1. The Balaban J connectivity index is 2.54. The van der Waals surface area contributed by atoms with Gasteiger partial charge in [-0.2, -0.15) is 13.2 Å². The molecule has 116 valence electrons. The van der Waals surface area contributed by atoms with Crippen molar-refractivity contribution in [1.82, 2.24) is 4.90 Å². The highest BCUT2D eigenvalue weighted by atomic mass is 19.4. The molecule has 20 heavy (non-hydrogen) atoms. The van der Waals surface area contributed by atoms with E-state index in [2.05, 4.69) is 4.74 Å². The zero-order valence-corrected chi connectivity index (χ0v) is 11.5. The average Bonchev–Trinajstić information content (AvgIpc) is 2.51. The lowest BCUT2D eigenvalue weighted by Crippen LogP contribution is -2.43. The first-order valence-corrected chi connectivity index (χ1v) is 6.73. The molecule has 0 spiro atoms. The second kappa shape index (κ2) is 7.61. The molecule has 0 aromatic rings. The summed E-state index contributed by atoms with van der Waals surface area (Å²) in [5.74, 6) is -0.492. The maximum absolute atomic E-state index is 12.0. The van der Waals surface area contributed by atoms with E-state index < -0.39 is 25.3 Å². The molecule has 1 rings (SSSR count). The van der Waals surface area contributed by atoms with E-state index in [1.807, 2.05) is 0 Å². The van der Waals surface area contributed by atoms with Crippen LogP contribution in [0, 0.1) is 0 Å². The summed E-state index contributed by atoms with van der Waals surface area (Å²) in [4.78, 5) is 24.7. The molecule has 7 heteroatoms. The summed E-state index contributed by atoms with van der Waals surface area (Å²) >= 11 is 0. The van der Waals surface area contributed by atoms with E-state index in [-0.39, 0.29) is 18.2 Å². The predicted molar refractivity (Wildman–Crippen MR) is 66.1 cm³/mol. The Labute approximate surface area is 116 Å². The Kier molecular flexibility index (Phi) is 6.45. The lowest BCUT2D eigenvalue weighted by molar-refractivity contribution is -0.178. The Morgan fingerprint density at radius 2 is 1.95 bits per heavy atom. The topological polar surface area (TPSA) is 46.6 Å². The molecule has 0 saturated carbocycles. The molecule has 0 aromatic heterocycles. The summed E-state index contributed by atoms with van der Waals surface area (Å²) in [6, 6.07) is -0.211. The molecule has 1 saturated heterocycles. The number of amides is 1. The molecule has 0 aromatic carbocycles. The molecule has 1 heterocycles. The second-order valence-electron chi connectivity index (χ2n) is 5.10. The average molecular weight is 295 g/mol. The van der Waals surface area contributed by atoms with Gasteiger partial charge in [0.25, 0.3) is 0 Å². The van der Waals surface area contributed by atoms with Crippen molar-refractivity contribution in [3.05, 3.63) is 0 Å². The van der Waals surface area contributed by atoms with Crippen LogP contribution < -0.4 is 0 Å². The minimum absolute atomic E-state index is 0.0223. The van der Waals surface area contributed by atoms with Crippen LogP contribution in [0.15, 0.2) is 0 Å². The Morgan fingerprint density at radius 1 is 1.25 bits per heavy atom. The van der Waals surface area contributed by atoms with Crippen molar-refractivity contribution < 1.29 is 27.5 Å². The number of carbonyl (C=O) groups excluding carboxylic acids is 2. The Hall–Kier alpha value is -1.11. The van der Waals surface area contributed by atoms with E-state index >= 15 is 0 Å². The molecule has 0 aliphatic carbocycles. The van der Waals surface area contributed by atoms with Gasteiger partial charge in [-0.1, -0.05) is 12.8 Å². The standard InChI is InChI=1S/C13H20F3NO3/c1-10(18)7-11-5-3-2-4-6-17(11)12(19)8-20-9-13(14,15)16/h11H,2-9H2,1H3. The maximum Gasteiger partial charge on any atom is 0.411 e. The third-order valence-electron chi connectivity index (χ3n) is 3.21. The molecule has 1 aliphatic heterocycles. The van der Waals surface area contributed by atoms with Crippen LogP contribution in [0.2, 0.25) is 0 Å². The smallest absolute Gasteiger partial charge is 0.362 e. The number of hydrogen-bond donors (Lipinski definition) is 0. The van der Waals surface area contributed by atoms with E-state index in [9.17, 15) is 22.8 Å². The zero-order valence-electron chi connectivity index (χ0n) is 11.5. The van der Waals surface area contributed by atoms with Gasteiger partial charge in [0.1, 0.15) is 19.0 Å². The number of carbonyl (C=O) groups is 2. The Bertz CT molecular complexity index is 344. The number of likely N-dealkylation sites (tertiary alicyclic amines) is 1. The molecular weight excluding hydrogens is 275 g/mol. The molecule has 0 radical (unpaired) electrons. The fourth-order valence-electron chi connectivity index (χ4n) is 2.39. The van der Waals surface area contributed by atoms with Crippen molar-refractivity contribution in [3.8, 4) is 0 Å². The van der Waals surface area contributed by atoms with Gasteiger partial charge >= 0.3 is 6.18 Å². The predicted octanol–water partition coefficient (Wildman–Crippen LogP) is 2.32. The van der Waals surface area contributed by atoms with E-state index in [0.717, 1.165) is 19.3 Å². The van der Waals surface area contributed by atoms with E-state index in [1.54, 1.807) is 0 Å². The first-order chi connectivity index (χ1) is 9.29. The zero-order chi connectivity index (χ0) is 15.2. The number of Topliss-reactive ketones (excluding diaryl/α,β-unsaturated/α-hetero) is 1. The summed E-state index contributed by atoms with van der Waals surface area (Å²) in [5, 5.41) is 0. The van der Waals surface area contributed by atoms with Crippen LogP contribution in [-0.2, 0) is 14.3 Å². The maximum atomic E-state index is 12.0. The first kappa shape index (κ1) is 16.9. The van der Waals surface area contributed by atoms with Crippen molar-refractivity contribution >= 4 is 11.7 Å². The van der Waals surface area contributed by atoms with Crippen molar-refractivity contribution in [2.75, 3.05) is 19.8 Å². The van der Waals surface area contributed by atoms with Gasteiger partial charge in [0, 0.05) is 19.0 Å². The van der Waals surface area contributed by atoms with Crippen molar-refractivity contribution in [2.24, 2.45) is 0 Å². The fraction of sp³-hybridized carbons (Fsp3) is 0.846. The number of halogens is 3. The minimum Gasteiger partial charge on any atom is -0.362 e. The normalized spacial score (nSPS) is 20.6. The van der Waals surface area contributed by atoms with Crippen molar-refractivity contribution in [2.45, 2.75) is 51.2 Å². The van der Waals surface area contributed by atoms with Crippen LogP contribution in [0.25, 0.3) is 0 Å². The highest BCUT2D eigenvalue weighted by molar-refractivity contribution is 5.80. The van der Waals surface area contributed by atoms with E-state index in [1.165, 1.54) is 11.8 Å². The summed E-state index contributed by atoms with van der Waals surface area (Å²) < 4.78 is 40.3. The van der Waals surface area contributed by atoms with E-state index in [4.69, 9.17) is 0 Å². The quantitative estimate of drug-likeness (QED) is 0.782. The third-order valence-corrected chi connectivity index (χ3v) is 3.21. The SMILES string of the molecule is CC(=O)CC1CCCCCN1C(=O)COCC(F)(F)F. The van der Waals surface area contributed by atoms with Crippen molar-refractivity contribution in [1.29, 1.82) is 0 Å². The van der Waals surface area contributed by atoms with Crippen LogP contribution in [0.5, 0.6) is 0 Å². The lowest BCUT2D eigenvalue weighted by atomic mass is 10.0. The minimum atomic E-state index is -4.43. The molecule has 0 N–H and O–H groups in total. The van der Waals surface area contributed by atoms with Crippen LogP contribution in [0.1, 0.15) is 39.0 Å². The second-order valence-corrected chi connectivity index (χ2v) is 5.10. The van der Waals surface area contributed by atoms with Gasteiger partial charge in [0.05, 0.1) is 0 Å². The molecular formula is C13H20F3NO3. The summed E-state index contributed by atoms with van der Waals surface area (Å²) in [5.41, 5.74) is 0. The first-order valence-electron chi connectivity index (χ1n) is 6.73. The monoisotopic (exact) mass is 295 g/mol. The summed E-state index contributed by atoms with van der Waals surface area (Å²) in [6.07, 6.45) is -0.778. The van der Waals surface area contributed by atoms with Crippen LogP contribution >= 0.6 is 0 Å². The summed E-state index contributed by atoms with van der Waals surface area (Å²) in [7, 11) is 0. The number of nitrogens with zero attached hydrogens (tertiary/aromatic N) is 1.